The molecule has 12 heteroatoms. The molecule has 0 spiro atoms. The average molecular weight is 790 g/mol. The number of rotatable bonds is 16. The molecule has 3 aliphatic heterocycles. The van der Waals surface area contributed by atoms with Crippen LogP contribution in [-0.4, -0.2) is 77.3 Å². The maximum Gasteiger partial charge on any atom is 0.327 e. The van der Waals surface area contributed by atoms with Gasteiger partial charge in [0.2, 0.25) is 5.91 Å². The highest BCUT2D eigenvalue weighted by Crippen LogP contribution is 2.58. The van der Waals surface area contributed by atoms with Gasteiger partial charge in [-0.05, 0) is 64.8 Å². The third-order valence-electron chi connectivity index (χ3n) is 10.3. The molecule has 2 bridgehead atoms. The number of fused-ring (bicyclic) bond motifs is 4. The van der Waals surface area contributed by atoms with Gasteiger partial charge >= 0.3 is 5.97 Å². The molecule has 3 heterocycles. The maximum absolute atomic E-state index is 14.7. The number of halogens is 1. The minimum absolute atomic E-state index is 0.140. The summed E-state index contributed by atoms with van der Waals surface area (Å²) in [5.74, 6) is -1.96. The Kier molecular flexibility index (Phi) is 11.6. The zero-order chi connectivity index (χ0) is 34.6. The van der Waals surface area contributed by atoms with Gasteiger partial charge in [-0.2, -0.15) is 5.06 Å². The van der Waals surface area contributed by atoms with Gasteiger partial charge in [-0.3, -0.25) is 19.2 Å². The molecule has 2 aromatic carbocycles. The molecule has 2 amide bonds. The average Bonchev–Trinajstić information content (AvgIpc) is 3.66. The molecule has 1 aliphatic carbocycles. The number of hydrogen-bond donors (Lipinski definition) is 3. The molecule has 3 N–H and O–H groups in total. The molecular formula is C37H48IN3O8. The van der Waals surface area contributed by atoms with Crippen LogP contribution in [-0.2, 0) is 41.7 Å². The summed E-state index contributed by atoms with van der Waals surface area (Å²) < 4.78 is 21.0. The van der Waals surface area contributed by atoms with Gasteiger partial charge in [0.25, 0.3) is 5.91 Å². The van der Waals surface area contributed by atoms with E-state index in [1.54, 1.807) is 23.3 Å². The second kappa shape index (κ2) is 15.7. The van der Waals surface area contributed by atoms with Crippen molar-refractivity contribution in [3.05, 3.63) is 68.8 Å². The molecule has 1 saturated carbocycles. The van der Waals surface area contributed by atoms with Crippen LogP contribution in [0, 0.1) is 8.99 Å². The van der Waals surface area contributed by atoms with Crippen LogP contribution in [0.3, 0.4) is 0 Å². The standard InChI is InChI=1S/C37H48IN3O8/c1-3-5-9-16-36(17-10-6-4-2)47-29-28-21-37(35(45)40-22-24-12-11-14-25(20-24)33(43)39-18-19-42)31(34(44)46-28)41(49-32(37)30(29)48-36)23-26-13-7-8-15-27(26)38/h7-8,11-15,20,28-32,42H,3-6,9-10,16-19,21-23H2,1-2H3,(H,39,43)(H,40,45)/t28-,29+,30+,31-,32-,37-/m1/s1. The monoisotopic (exact) mass is 789 g/mol. The van der Waals surface area contributed by atoms with Crippen molar-refractivity contribution >= 4 is 40.4 Å². The van der Waals surface area contributed by atoms with Crippen LogP contribution in [0.5, 0.6) is 0 Å². The Morgan fingerprint density at radius 2 is 1.71 bits per heavy atom. The van der Waals surface area contributed by atoms with Crippen LogP contribution >= 0.6 is 22.6 Å². The predicted molar refractivity (Wildman–Crippen MR) is 189 cm³/mol. The van der Waals surface area contributed by atoms with Crippen LogP contribution in [0.15, 0.2) is 48.5 Å². The topological polar surface area (TPSA) is 136 Å². The van der Waals surface area contributed by atoms with Gasteiger partial charge in [0.1, 0.15) is 29.8 Å². The number of nitrogens with zero attached hydrogens (tertiary/aromatic N) is 1. The van der Waals surface area contributed by atoms with Crippen molar-refractivity contribution in [1.29, 1.82) is 0 Å². The third kappa shape index (κ3) is 7.27. The molecule has 11 nitrogen and oxygen atoms in total. The Bertz CT molecular complexity index is 1500. The minimum Gasteiger partial charge on any atom is -0.458 e. The second-order valence-corrected chi connectivity index (χ2v) is 14.8. The van der Waals surface area contributed by atoms with E-state index in [2.05, 4.69) is 47.1 Å². The minimum atomic E-state index is -1.29. The summed E-state index contributed by atoms with van der Waals surface area (Å²) in [7, 11) is 0. The Morgan fingerprint density at radius 3 is 2.43 bits per heavy atom. The lowest BCUT2D eigenvalue weighted by Crippen LogP contribution is -2.69. The van der Waals surface area contributed by atoms with Crippen molar-refractivity contribution in [2.45, 2.75) is 121 Å². The number of carbonyl (C=O) groups is 3. The lowest BCUT2D eigenvalue weighted by Gasteiger charge is -2.48. The predicted octanol–water partition coefficient (Wildman–Crippen LogP) is 4.77. The highest BCUT2D eigenvalue weighted by molar-refractivity contribution is 14.1. The van der Waals surface area contributed by atoms with Crippen LogP contribution < -0.4 is 10.6 Å². The summed E-state index contributed by atoms with van der Waals surface area (Å²) in [6.07, 6.45) is 5.24. The highest BCUT2D eigenvalue weighted by atomic mass is 127. The van der Waals surface area contributed by atoms with E-state index in [1.165, 1.54) is 0 Å². The summed E-state index contributed by atoms with van der Waals surface area (Å²) >= 11 is 2.27. The largest absolute Gasteiger partial charge is 0.458 e. The molecule has 0 aromatic heterocycles. The lowest BCUT2D eigenvalue weighted by atomic mass is 9.62. The molecular weight excluding hydrogens is 741 g/mol. The smallest absolute Gasteiger partial charge is 0.327 e. The number of benzene rings is 2. The van der Waals surface area contributed by atoms with Gasteiger partial charge in [0.05, 0.1) is 13.2 Å². The molecule has 3 saturated heterocycles. The fourth-order valence-corrected chi connectivity index (χ4v) is 8.49. The molecule has 4 fully saturated rings. The van der Waals surface area contributed by atoms with Crippen LogP contribution in [0.2, 0.25) is 0 Å². The Morgan fingerprint density at radius 1 is 0.980 bits per heavy atom. The van der Waals surface area contributed by atoms with Crippen molar-refractivity contribution in [2.75, 3.05) is 13.2 Å². The van der Waals surface area contributed by atoms with E-state index >= 15 is 0 Å². The number of unbranched alkanes of at least 4 members (excludes halogenated alkanes) is 4. The fourth-order valence-electron chi connectivity index (χ4n) is 7.93. The SMILES string of the molecule is CCCCCC1(CCCCC)O[C@@H]2[C@H](O1)[C@H]1ON(Cc3ccccc3I)[C@@H]3C(=O)O[C@@H]2C[C@]13C(=O)NCc1cccc(C(=O)NCCO)c1. The van der Waals surface area contributed by atoms with Crippen molar-refractivity contribution < 1.29 is 38.5 Å². The van der Waals surface area contributed by atoms with Crippen molar-refractivity contribution in [3.8, 4) is 0 Å². The number of esters is 1. The fraction of sp³-hybridized carbons (Fsp3) is 0.595. The van der Waals surface area contributed by atoms with Crippen molar-refractivity contribution in [3.63, 3.8) is 0 Å². The van der Waals surface area contributed by atoms with E-state index in [-0.39, 0.29) is 44.5 Å². The van der Waals surface area contributed by atoms with Crippen LogP contribution in [0.1, 0.15) is 93.1 Å². The first-order valence-corrected chi connectivity index (χ1v) is 18.8. The van der Waals surface area contributed by atoms with Gasteiger partial charge in [0.15, 0.2) is 11.8 Å². The number of amides is 2. The quantitative estimate of drug-likeness (QED) is 0.125. The van der Waals surface area contributed by atoms with E-state index < -0.39 is 47.6 Å². The van der Waals surface area contributed by atoms with Crippen LogP contribution in [0.25, 0.3) is 0 Å². The number of nitrogens with one attached hydrogen (secondary N) is 2. The number of hydroxylamine groups is 2. The summed E-state index contributed by atoms with van der Waals surface area (Å²) in [4.78, 5) is 48.0. The van der Waals surface area contributed by atoms with E-state index in [9.17, 15) is 14.4 Å². The number of aliphatic hydroxyl groups is 1. The molecule has 0 unspecified atom stereocenters. The zero-order valence-electron chi connectivity index (χ0n) is 28.3. The molecule has 2 aromatic rings. The molecule has 6 rings (SSSR count). The number of hydrogen-bond acceptors (Lipinski definition) is 9. The Labute approximate surface area is 301 Å². The van der Waals surface area contributed by atoms with Gasteiger partial charge in [-0.15, -0.1) is 0 Å². The number of ether oxygens (including phenoxy) is 3. The van der Waals surface area contributed by atoms with Crippen LogP contribution in [0.4, 0.5) is 0 Å². The molecule has 0 radical (unpaired) electrons. The van der Waals surface area contributed by atoms with Gasteiger partial charge in [-0.1, -0.05) is 69.9 Å². The van der Waals surface area contributed by atoms with E-state index in [0.29, 0.717) is 5.56 Å². The third-order valence-corrected chi connectivity index (χ3v) is 11.4. The second-order valence-electron chi connectivity index (χ2n) is 13.7. The van der Waals surface area contributed by atoms with Gasteiger partial charge < -0.3 is 30.0 Å². The van der Waals surface area contributed by atoms with Crippen molar-refractivity contribution in [1.82, 2.24) is 15.7 Å². The molecule has 6 atom stereocenters. The van der Waals surface area contributed by atoms with Gasteiger partial charge in [-0.25, -0.2) is 0 Å². The van der Waals surface area contributed by atoms with E-state index in [4.69, 9.17) is 24.2 Å². The Hall–Kier alpha value is -2.62. The summed E-state index contributed by atoms with van der Waals surface area (Å²) in [5.41, 5.74) is 0.827. The van der Waals surface area contributed by atoms with E-state index in [1.807, 2.05) is 30.3 Å². The first-order chi connectivity index (χ1) is 23.7. The summed E-state index contributed by atoms with van der Waals surface area (Å²) in [5, 5.41) is 16.5. The zero-order valence-corrected chi connectivity index (χ0v) is 30.5. The maximum atomic E-state index is 14.7. The normalized spacial score (nSPS) is 28.2. The summed E-state index contributed by atoms with van der Waals surface area (Å²) in [6.45, 7) is 4.75. The van der Waals surface area contributed by atoms with Crippen molar-refractivity contribution in [2.24, 2.45) is 5.41 Å². The Balaban J connectivity index is 1.32. The number of aliphatic hydroxyl groups excluding tert-OH is 1. The molecule has 49 heavy (non-hydrogen) atoms. The lowest BCUT2D eigenvalue weighted by molar-refractivity contribution is -0.224. The highest BCUT2D eigenvalue weighted by Gasteiger charge is 2.76. The molecule has 4 aliphatic rings. The van der Waals surface area contributed by atoms with E-state index in [0.717, 1.165) is 66.1 Å². The number of carbonyl (C=O) groups excluding carboxylic acids is 3. The van der Waals surface area contributed by atoms with Gasteiger partial charge in [0, 0.05) is 41.5 Å². The first-order valence-electron chi connectivity index (χ1n) is 17.7. The summed E-state index contributed by atoms with van der Waals surface area (Å²) in [6, 6.07) is 13.9. The molecule has 266 valence electrons. The first kappa shape index (κ1) is 36.2.